The minimum Gasteiger partial charge on any atom is -0.378 e. The predicted molar refractivity (Wildman–Crippen MR) is 70.3 cm³/mol. The molecule has 0 fully saturated rings. The largest absolute Gasteiger partial charge is 0.378 e. The fraction of sp³-hybridized carbons (Fsp3) is 0.286. The number of rotatable bonds is 1. The summed E-state index contributed by atoms with van der Waals surface area (Å²) in [5.41, 5.74) is 3.50. The normalized spacial score (nSPS) is 17.9. The van der Waals surface area contributed by atoms with Crippen molar-refractivity contribution in [3.63, 3.8) is 0 Å². The zero-order valence-corrected chi connectivity index (χ0v) is 10.7. The number of fused-ring (bicyclic) bond motifs is 1. The van der Waals surface area contributed by atoms with Crippen LogP contribution < -0.4 is 5.32 Å². The number of nitrogens with one attached hydrogen (secondary N) is 1. The van der Waals surface area contributed by atoms with Gasteiger partial charge in [-0.3, -0.25) is 0 Å². The molecule has 0 bridgehead atoms. The zero-order chi connectivity index (χ0) is 12.0. The van der Waals surface area contributed by atoms with E-state index < -0.39 is 0 Å². The Morgan fingerprint density at radius 3 is 2.82 bits per heavy atom. The first-order valence-corrected chi connectivity index (χ1v) is 6.57. The number of hydrogen-bond donors (Lipinski definition) is 1. The van der Waals surface area contributed by atoms with Gasteiger partial charge in [-0.1, -0.05) is 0 Å². The van der Waals surface area contributed by atoms with Crippen LogP contribution in [0.15, 0.2) is 24.3 Å². The van der Waals surface area contributed by atoms with Gasteiger partial charge in [0, 0.05) is 15.4 Å². The lowest BCUT2D eigenvalue weighted by Gasteiger charge is -2.10. The molecule has 1 aliphatic rings. The summed E-state index contributed by atoms with van der Waals surface area (Å²) in [7, 11) is 0. The van der Waals surface area contributed by atoms with Crippen molar-refractivity contribution >= 4 is 17.0 Å². The van der Waals surface area contributed by atoms with Gasteiger partial charge in [0.25, 0.3) is 0 Å². The van der Waals surface area contributed by atoms with Crippen LogP contribution in [0.2, 0.25) is 0 Å². The summed E-state index contributed by atoms with van der Waals surface area (Å²) in [6.07, 6.45) is 0.879. The van der Waals surface area contributed by atoms with E-state index in [1.54, 1.807) is 6.07 Å². The number of halogens is 1. The molecule has 17 heavy (non-hydrogen) atoms. The van der Waals surface area contributed by atoms with Gasteiger partial charge in [-0.05, 0) is 55.7 Å². The molecule has 0 aliphatic carbocycles. The fourth-order valence-corrected chi connectivity index (χ4v) is 3.50. The van der Waals surface area contributed by atoms with Crippen LogP contribution in [0, 0.1) is 19.7 Å². The second-order valence-electron chi connectivity index (χ2n) is 4.57. The molecule has 1 N–H and O–H groups in total. The van der Waals surface area contributed by atoms with Crippen molar-refractivity contribution in [2.75, 3.05) is 5.32 Å². The van der Waals surface area contributed by atoms with Gasteiger partial charge in [0.15, 0.2) is 0 Å². The van der Waals surface area contributed by atoms with E-state index in [2.05, 4.69) is 25.2 Å². The summed E-state index contributed by atoms with van der Waals surface area (Å²) < 4.78 is 13.1. The van der Waals surface area contributed by atoms with E-state index in [-0.39, 0.29) is 5.82 Å². The van der Waals surface area contributed by atoms with E-state index in [0.717, 1.165) is 17.7 Å². The van der Waals surface area contributed by atoms with Crippen LogP contribution in [0.5, 0.6) is 0 Å². The van der Waals surface area contributed by atoms with Crippen molar-refractivity contribution < 1.29 is 4.39 Å². The Balaban J connectivity index is 1.94. The number of thiophene rings is 1. The lowest BCUT2D eigenvalue weighted by Crippen LogP contribution is -2.05. The molecule has 0 saturated carbocycles. The number of benzene rings is 1. The maximum absolute atomic E-state index is 13.1. The molecule has 1 aliphatic heterocycles. The SMILES string of the molecule is Cc1cc(C2Cc3cc(F)ccc3N2)c(C)s1. The van der Waals surface area contributed by atoms with Gasteiger partial charge in [-0.25, -0.2) is 4.39 Å². The molecule has 3 heteroatoms. The van der Waals surface area contributed by atoms with Crippen LogP contribution in [0.1, 0.15) is 26.9 Å². The third kappa shape index (κ3) is 1.84. The smallest absolute Gasteiger partial charge is 0.123 e. The molecule has 1 unspecified atom stereocenters. The van der Waals surface area contributed by atoms with Crippen LogP contribution in [0.25, 0.3) is 0 Å². The third-order valence-electron chi connectivity index (χ3n) is 3.28. The molecule has 0 amide bonds. The summed E-state index contributed by atoms with van der Waals surface area (Å²) >= 11 is 1.82. The van der Waals surface area contributed by atoms with Gasteiger partial charge in [0.05, 0.1) is 6.04 Å². The van der Waals surface area contributed by atoms with Crippen molar-refractivity contribution in [2.24, 2.45) is 0 Å². The molecule has 0 saturated heterocycles. The minimum atomic E-state index is -0.149. The monoisotopic (exact) mass is 247 g/mol. The molecule has 2 heterocycles. The summed E-state index contributed by atoms with van der Waals surface area (Å²) in [6, 6.07) is 7.52. The van der Waals surface area contributed by atoms with Gasteiger partial charge in [0.2, 0.25) is 0 Å². The van der Waals surface area contributed by atoms with Gasteiger partial charge >= 0.3 is 0 Å². The second-order valence-corrected chi connectivity index (χ2v) is 6.03. The molecule has 88 valence electrons. The Morgan fingerprint density at radius 1 is 1.29 bits per heavy atom. The summed E-state index contributed by atoms with van der Waals surface area (Å²) in [5.74, 6) is -0.149. The second kappa shape index (κ2) is 3.84. The third-order valence-corrected chi connectivity index (χ3v) is 4.26. The highest BCUT2D eigenvalue weighted by atomic mass is 32.1. The van der Waals surface area contributed by atoms with Crippen molar-refractivity contribution in [3.8, 4) is 0 Å². The summed E-state index contributed by atoms with van der Waals surface area (Å²) in [4.78, 5) is 2.69. The Bertz CT molecular complexity index is 574. The van der Waals surface area contributed by atoms with Gasteiger partial charge < -0.3 is 5.32 Å². The molecule has 1 nitrogen and oxygen atoms in total. The van der Waals surface area contributed by atoms with Crippen LogP contribution in [0.3, 0.4) is 0 Å². The Hall–Kier alpha value is -1.35. The van der Waals surface area contributed by atoms with Gasteiger partial charge in [-0.15, -0.1) is 11.3 Å². The molecule has 1 aromatic carbocycles. The van der Waals surface area contributed by atoms with E-state index >= 15 is 0 Å². The zero-order valence-electron chi connectivity index (χ0n) is 9.88. The van der Waals surface area contributed by atoms with Gasteiger partial charge in [0.1, 0.15) is 5.82 Å². The predicted octanol–water partition coefficient (Wildman–Crippen LogP) is 4.21. The van der Waals surface area contributed by atoms with Crippen LogP contribution in [-0.4, -0.2) is 0 Å². The molecule has 0 spiro atoms. The standard InChI is InChI=1S/C14H14FNS/c1-8-5-12(9(2)17-8)14-7-10-6-11(15)3-4-13(10)16-14/h3-6,14,16H,7H2,1-2H3. The average Bonchev–Trinajstić information content (AvgIpc) is 2.80. The van der Waals surface area contributed by atoms with Crippen molar-refractivity contribution in [2.45, 2.75) is 26.3 Å². The highest BCUT2D eigenvalue weighted by Crippen LogP contribution is 2.37. The highest BCUT2D eigenvalue weighted by Gasteiger charge is 2.24. The molecule has 0 radical (unpaired) electrons. The molecular formula is C14H14FNS. The molecule has 1 atom stereocenters. The minimum absolute atomic E-state index is 0.149. The maximum Gasteiger partial charge on any atom is 0.123 e. The quantitative estimate of drug-likeness (QED) is 0.795. The summed E-state index contributed by atoms with van der Waals surface area (Å²) in [5, 5.41) is 3.47. The van der Waals surface area contributed by atoms with Crippen molar-refractivity contribution in [3.05, 3.63) is 51.0 Å². The van der Waals surface area contributed by atoms with Gasteiger partial charge in [-0.2, -0.15) is 0 Å². The van der Waals surface area contributed by atoms with Crippen LogP contribution in [-0.2, 0) is 6.42 Å². The molecule has 3 rings (SSSR count). The fourth-order valence-electron chi connectivity index (χ4n) is 2.51. The lowest BCUT2D eigenvalue weighted by molar-refractivity contribution is 0.626. The number of aryl methyl sites for hydroxylation is 2. The summed E-state index contributed by atoms with van der Waals surface area (Å²) in [6.45, 7) is 4.28. The van der Waals surface area contributed by atoms with E-state index in [1.165, 1.54) is 21.4 Å². The highest BCUT2D eigenvalue weighted by molar-refractivity contribution is 7.12. The van der Waals surface area contributed by atoms with E-state index in [4.69, 9.17) is 0 Å². The van der Waals surface area contributed by atoms with Crippen molar-refractivity contribution in [1.29, 1.82) is 0 Å². The Labute approximate surface area is 104 Å². The molecule has 1 aromatic heterocycles. The first kappa shape index (κ1) is 10.8. The maximum atomic E-state index is 13.1. The van der Waals surface area contributed by atoms with E-state index in [0.29, 0.717) is 6.04 Å². The number of anilines is 1. The van der Waals surface area contributed by atoms with Crippen LogP contribution >= 0.6 is 11.3 Å². The first-order chi connectivity index (χ1) is 8.13. The number of hydrogen-bond acceptors (Lipinski definition) is 2. The molecule has 2 aromatic rings. The molecular weight excluding hydrogens is 233 g/mol. The van der Waals surface area contributed by atoms with E-state index in [9.17, 15) is 4.39 Å². The van der Waals surface area contributed by atoms with Crippen molar-refractivity contribution in [1.82, 2.24) is 0 Å². The topological polar surface area (TPSA) is 12.0 Å². The lowest BCUT2D eigenvalue weighted by atomic mass is 10.0. The van der Waals surface area contributed by atoms with Crippen LogP contribution in [0.4, 0.5) is 10.1 Å². The first-order valence-electron chi connectivity index (χ1n) is 5.75. The van der Waals surface area contributed by atoms with E-state index in [1.807, 2.05) is 17.4 Å². The Kier molecular flexibility index (Phi) is 2.44. The Morgan fingerprint density at radius 2 is 2.12 bits per heavy atom. The average molecular weight is 247 g/mol.